The van der Waals surface area contributed by atoms with Gasteiger partial charge >= 0.3 is 0 Å². The lowest BCUT2D eigenvalue weighted by Gasteiger charge is -2.68. The van der Waals surface area contributed by atoms with E-state index < -0.39 is 17.8 Å². The Morgan fingerprint density at radius 2 is 1.87 bits per heavy atom. The number of likely N-dealkylation sites (tertiary alicyclic amines) is 1. The number of piperidine rings is 1. The summed E-state index contributed by atoms with van der Waals surface area (Å²) in [6.45, 7) is 4.63. The van der Waals surface area contributed by atoms with Gasteiger partial charge in [0, 0.05) is 74.8 Å². The van der Waals surface area contributed by atoms with Crippen LogP contribution in [0.5, 0.6) is 0 Å². The van der Waals surface area contributed by atoms with Gasteiger partial charge in [0.05, 0.1) is 36.6 Å². The van der Waals surface area contributed by atoms with E-state index in [1.807, 2.05) is 0 Å². The van der Waals surface area contributed by atoms with Gasteiger partial charge in [-0.3, -0.25) is 4.90 Å². The van der Waals surface area contributed by atoms with Gasteiger partial charge in [-0.1, -0.05) is 6.92 Å². The van der Waals surface area contributed by atoms with Crippen molar-refractivity contribution in [1.29, 1.82) is 0 Å². The number of aliphatic hydroxyl groups is 3. The Kier molecular flexibility index (Phi) is 4.56. The van der Waals surface area contributed by atoms with Crippen molar-refractivity contribution in [2.24, 2.45) is 40.4 Å². The highest BCUT2D eigenvalue weighted by molar-refractivity contribution is 5.35. The molecule has 176 valence electrons. The van der Waals surface area contributed by atoms with Crippen LogP contribution in [-0.4, -0.2) is 97.3 Å². The molecule has 0 aromatic rings. The molecule has 0 unspecified atom stereocenters. The van der Waals surface area contributed by atoms with Crippen LogP contribution in [0.4, 0.5) is 0 Å². The predicted molar refractivity (Wildman–Crippen MR) is 112 cm³/mol. The molecule has 3 N–H and O–H groups in total. The Hall–Kier alpha value is -0.280. The summed E-state index contributed by atoms with van der Waals surface area (Å²) in [5, 5.41) is 35.7. The maximum atomic E-state index is 12.5. The topological polar surface area (TPSA) is 91.6 Å². The first-order valence-corrected chi connectivity index (χ1v) is 12.2. The Balaban J connectivity index is 1.62. The second kappa shape index (κ2) is 6.65. The minimum absolute atomic E-state index is 0.0248. The fourth-order valence-corrected chi connectivity index (χ4v) is 10.7. The standard InChI is InChI=1S/C24H39NO6/c1-5-25-10-22(11-29-2)7-6-15(26)24-13-8-12-14(30-3)9-23(28,16(13)18(12)27)17(21(24)25)19(31-4)20(22)24/h12-21,26-28H,5-11H2,1-4H3/t12-,13+,14+,15-,16+,17-,18-,19+,20-,21+,22+,23-,24-/m0/s1. The van der Waals surface area contributed by atoms with E-state index in [0.717, 1.165) is 32.4 Å². The molecule has 31 heavy (non-hydrogen) atoms. The van der Waals surface area contributed by atoms with Gasteiger partial charge < -0.3 is 29.5 Å². The number of ether oxygens (including phenoxy) is 3. The highest BCUT2D eigenvalue weighted by atomic mass is 16.5. The molecule has 7 bridgehead atoms. The number of fused-ring (bicyclic) bond motifs is 2. The predicted octanol–water partition coefficient (Wildman–Crippen LogP) is 0.502. The summed E-state index contributed by atoms with van der Waals surface area (Å²) in [7, 11) is 5.24. The summed E-state index contributed by atoms with van der Waals surface area (Å²) in [5.41, 5.74) is -1.54. The van der Waals surface area contributed by atoms with Crippen LogP contribution in [0.3, 0.4) is 0 Å². The third-order valence-electron chi connectivity index (χ3n) is 11.1. The van der Waals surface area contributed by atoms with Gasteiger partial charge in [0.2, 0.25) is 0 Å². The maximum Gasteiger partial charge on any atom is 0.0796 e. The van der Waals surface area contributed by atoms with Crippen LogP contribution in [-0.2, 0) is 14.2 Å². The van der Waals surface area contributed by atoms with Gasteiger partial charge in [0.1, 0.15) is 0 Å². The van der Waals surface area contributed by atoms with Crippen molar-refractivity contribution in [2.45, 2.75) is 68.7 Å². The van der Waals surface area contributed by atoms with Crippen molar-refractivity contribution in [3.63, 3.8) is 0 Å². The van der Waals surface area contributed by atoms with Crippen LogP contribution < -0.4 is 0 Å². The molecule has 1 saturated heterocycles. The lowest BCUT2D eigenvalue weighted by atomic mass is 9.43. The Bertz CT molecular complexity index is 752. The molecule has 1 aliphatic heterocycles. The van der Waals surface area contributed by atoms with Crippen molar-refractivity contribution in [1.82, 2.24) is 4.90 Å². The van der Waals surface area contributed by atoms with E-state index in [2.05, 4.69) is 11.8 Å². The van der Waals surface area contributed by atoms with E-state index in [0.29, 0.717) is 13.0 Å². The summed E-state index contributed by atoms with van der Waals surface area (Å²) in [6, 6.07) is 0.0561. The van der Waals surface area contributed by atoms with Crippen LogP contribution in [0, 0.1) is 40.4 Å². The highest BCUT2D eigenvalue weighted by Crippen LogP contribution is 2.79. The van der Waals surface area contributed by atoms with Crippen LogP contribution in [0.2, 0.25) is 0 Å². The number of hydrogen-bond donors (Lipinski definition) is 3. The molecule has 6 aliphatic rings. The molecule has 1 spiro atoms. The first-order chi connectivity index (χ1) is 14.9. The number of hydrogen-bond acceptors (Lipinski definition) is 7. The van der Waals surface area contributed by atoms with Crippen LogP contribution in [0.1, 0.15) is 32.6 Å². The van der Waals surface area contributed by atoms with E-state index in [1.165, 1.54) is 0 Å². The minimum Gasteiger partial charge on any atom is -0.392 e. The van der Waals surface area contributed by atoms with Gasteiger partial charge in [-0.2, -0.15) is 0 Å². The lowest BCUT2D eigenvalue weighted by Crippen LogP contribution is -2.76. The third-order valence-corrected chi connectivity index (χ3v) is 11.1. The summed E-state index contributed by atoms with van der Waals surface area (Å²) in [6.07, 6.45) is 1.65. The van der Waals surface area contributed by atoms with Gasteiger partial charge in [0.25, 0.3) is 0 Å². The molecule has 0 radical (unpaired) electrons. The lowest BCUT2D eigenvalue weighted by molar-refractivity contribution is -0.272. The summed E-state index contributed by atoms with van der Waals surface area (Å²) < 4.78 is 18.0. The van der Waals surface area contributed by atoms with Crippen LogP contribution in [0.25, 0.3) is 0 Å². The molecule has 7 heteroatoms. The second-order valence-corrected chi connectivity index (χ2v) is 11.6. The highest BCUT2D eigenvalue weighted by Gasteiger charge is 2.86. The molecule has 0 aromatic carbocycles. The average Bonchev–Trinajstić information content (AvgIpc) is 3.16. The molecule has 1 heterocycles. The van der Waals surface area contributed by atoms with Crippen LogP contribution >= 0.6 is 0 Å². The molecular weight excluding hydrogens is 398 g/mol. The van der Waals surface area contributed by atoms with E-state index >= 15 is 0 Å². The molecule has 5 aliphatic carbocycles. The van der Waals surface area contributed by atoms with Crippen molar-refractivity contribution in [2.75, 3.05) is 41.0 Å². The second-order valence-electron chi connectivity index (χ2n) is 11.6. The smallest absolute Gasteiger partial charge is 0.0796 e. The fraction of sp³-hybridized carbons (Fsp3) is 1.00. The Morgan fingerprint density at radius 3 is 2.52 bits per heavy atom. The van der Waals surface area contributed by atoms with Crippen LogP contribution in [0.15, 0.2) is 0 Å². The summed E-state index contributed by atoms with van der Waals surface area (Å²) in [4.78, 5) is 2.52. The molecule has 0 amide bonds. The number of nitrogens with zero attached hydrogens (tertiary/aromatic N) is 1. The zero-order chi connectivity index (χ0) is 21.9. The monoisotopic (exact) mass is 437 g/mol. The average molecular weight is 438 g/mol. The first kappa shape index (κ1) is 21.3. The van der Waals surface area contributed by atoms with Crippen molar-refractivity contribution >= 4 is 0 Å². The van der Waals surface area contributed by atoms with Gasteiger partial charge in [-0.15, -0.1) is 0 Å². The van der Waals surface area contributed by atoms with E-state index in [9.17, 15) is 15.3 Å². The molecule has 5 saturated carbocycles. The van der Waals surface area contributed by atoms with Gasteiger partial charge in [0.15, 0.2) is 0 Å². The first-order valence-electron chi connectivity index (χ1n) is 12.2. The van der Waals surface area contributed by atoms with Gasteiger partial charge in [-0.05, 0) is 31.7 Å². The number of rotatable bonds is 5. The molecule has 0 aromatic heterocycles. The maximum absolute atomic E-state index is 12.5. The minimum atomic E-state index is -1.05. The normalized spacial score (nSPS) is 61.6. The Morgan fingerprint density at radius 1 is 1.10 bits per heavy atom. The SMILES string of the molecule is CCN1C[C@@]2(COC)CC[C@H](O)[C@@]34[C@@H]5C[C@@H]6[C@H](O)[C@@H]5[C@@](O)(C[C@H]6OC)[C@@H]([C@@H](OC)[C@@H]23)[C@@H]14. The van der Waals surface area contributed by atoms with Crippen molar-refractivity contribution < 1.29 is 29.5 Å². The zero-order valence-corrected chi connectivity index (χ0v) is 19.2. The van der Waals surface area contributed by atoms with E-state index in [1.54, 1.807) is 21.3 Å². The fourth-order valence-electron chi connectivity index (χ4n) is 10.7. The molecular formula is C24H39NO6. The third kappa shape index (κ3) is 2.12. The molecule has 6 fully saturated rings. The quantitative estimate of drug-likeness (QED) is 0.577. The summed E-state index contributed by atoms with van der Waals surface area (Å²) in [5.74, 6) is -0.168. The molecule has 6 rings (SSSR count). The summed E-state index contributed by atoms with van der Waals surface area (Å²) >= 11 is 0. The Labute approximate surface area is 185 Å². The van der Waals surface area contributed by atoms with Crippen molar-refractivity contribution in [3.05, 3.63) is 0 Å². The number of aliphatic hydroxyl groups excluding tert-OH is 2. The number of methoxy groups -OCH3 is 3. The zero-order valence-electron chi connectivity index (χ0n) is 19.2. The molecule has 7 nitrogen and oxygen atoms in total. The van der Waals surface area contributed by atoms with E-state index in [4.69, 9.17) is 14.2 Å². The van der Waals surface area contributed by atoms with E-state index in [-0.39, 0.29) is 58.7 Å². The largest absolute Gasteiger partial charge is 0.392 e. The van der Waals surface area contributed by atoms with Crippen molar-refractivity contribution in [3.8, 4) is 0 Å². The molecule has 13 atom stereocenters. The van der Waals surface area contributed by atoms with Gasteiger partial charge in [-0.25, -0.2) is 0 Å².